The molecule has 1 saturated carbocycles. The number of halogens is 4. The first-order chi connectivity index (χ1) is 21.4. The van der Waals surface area contributed by atoms with E-state index >= 15 is 0 Å². The van der Waals surface area contributed by atoms with Crippen molar-refractivity contribution in [3.63, 3.8) is 0 Å². The molecule has 10 nitrogen and oxygen atoms in total. The van der Waals surface area contributed by atoms with Gasteiger partial charge in [0.1, 0.15) is 23.0 Å². The summed E-state index contributed by atoms with van der Waals surface area (Å²) in [5, 5.41) is 17.0. The Balaban J connectivity index is 1.52. The number of nitrogens with two attached hydrogens (primary N) is 1. The van der Waals surface area contributed by atoms with Gasteiger partial charge in [0.25, 0.3) is 5.91 Å². The molecule has 4 aromatic rings. The van der Waals surface area contributed by atoms with Crippen LogP contribution in [0, 0.1) is 5.82 Å². The maximum absolute atomic E-state index is 14.6. The minimum absolute atomic E-state index is 0.0421. The van der Waals surface area contributed by atoms with E-state index in [0.29, 0.717) is 11.3 Å². The van der Waals surface area contributed by atoms with Crippen LogP contribution in [0.25, 0.3) is 22.6 Å². The van der Waals surface area contributed by atoms with Gasteiger partial charge in [-0.3, -0.25) is 9.59 Å². The Bertz CT molecular complexity index is 1690. The van der Waals surface area contributed by atoms with Crippen LogP contribution in [-0.4, -0.2) is 52.5 Å². The number of amides is 2. The van der Waals surface area contributed by atoms with Crippen LogP contribution >= 0.6 is 0 Å². The summed E-state index contributed by atoms with van der Waals surface area (Å²) in [6.45, 7) is 0.303. The Morgan fingerprint density at radius 3 is 2.44 bits per heavy atom. The molecule has 5 rings (SSSR count). The lowest BCUT2D eigenvalue weighted by Crippen LogP contribution is -2.51. The Morgan fingerprint density at radius 2 is 1.84 bits per heavy atom. The van der Waals surface area contributed by atoms with E-state index in [9.17, 15) is 32.3 Å². The molecule has 0 bridgehead atoms. The summed E-state index contributed by atoms with van der Waals surface area (Å²) in [6.07, 6.45) is -2.95. The highest BCUT2D eigenvalue weighted by atomic mass is 19.4. The second-order valence-electron chi connectivity index (χ2n) is 10.4. The van der Waals surface area contributed by atoms with Crippen molar-refractivity contribution in [3.05, 3.63) is 83.4 Å². The number of nitrogens with one attached hydrogen (secondary N) is 1. The van der Waals surface area contributed by atoms with Gasteiger partial charge < -0.3 is 30.2 Å². The first-order valence-electron chi connectivity index (χ1n) is 13.9. The molecule has 2 amide bonds. The highest BCUT2D eigenvalue weighted by Crippen LogP contribution is 2.42. The van der Waals surface area contributed by atoms with Crippen LogP contribution in [0.2, 0.25) is 0 Å². The summed E-state index contributed by atoms with van der Waals surface area (Å²) in [7, 11) is 0. The number of primary amides is 1. The molecule has 1 aliphatic rings. The molecule has 0 aliphatic heterocycles. The molecule has 0 saturated heterocycles. The fourth-order valence-corrected chi connectivity index (χ4v) is 4.56. The maximum atomic E-state index is 14.6. The standard InChI is InChI=1S/C31H28F4N4O6/c1-2-43-28-19(15-26(36)40)14-25(39-27(28)17-3-6-20(32)7-4-17)30(42,31(33,34)35)16-37-29(41)18-5-10-22(23-11-12-38-45-23)24(13-18)44-21-8-9-21/h3-7,10-14,21,42H,2,8-9,15-16H2,1H3,(H2,36,40)(H,37,41)/t30-/m0/s1. The number of carbonyl (C=O) groups excluding carboxylic acids is 2. The predicted octanol–water partition coefficient (Wildman–Crippen LogP) is 4.69. The SMILES string of the molecule is CCOc1c(CC(N)=O)cc([C@@](O)(CNC(=O)c2ccc(-c3ccno3)c(OC3CC3)c2)C(F)(F)F)nc1-c1ccc(F)cc1. The number of pyridine rings is 1. The van der Waals surface area contributed by atoms with Crippen LogP contribution in [0.4, 0.5) is 17.6 Å². The van der Waals surface area contributed by atoms with E-state index in [2.05, 4.69) is 15.5 Å². The Kier molecular flexibility index (Phi) is 8.77. The third-order valence-corrected chi connectivity index (χ3v) is 6.98. The van der Waals surface area contributed by atoms with Crippen LogP contribution < -0.4 is 20.5 Å². The molecular weight excluding hydrogens is 600 g/mol. The quantitative estimate of drug-likeness (QED) is 0.191. The van der Waals surface area contributed by atoms with Gasteiger partial charge in [-0.2, -0.15) is 13.2 Å². The van der Waals surface area contributed by atoms with Gasteiger partial charge in [-0.05, 0) is 68.3 Å². The van der Waals surface area contributed by atoms with E-state index in [-0.39, 0.29) is 46.6 Å². The van der Waals surface area contributed by atoms with Crippen LogP contribution in [0.1, 0.15) is 41.4 Å². The summed E-state index contributed by atoms with van der Waals surface area (Å²) < 4.78 is 74.3. The minimum Gasteiger partial charge on any atom is -0.491 e. The van der Waals surface area contributed by atoms with Crippen molar-refractivity contribution in [3.8, 4) is 34.1 Å². The third-order valence-electron chi connectivity index (χ3n) is 6.98. The molecular formula is C31H28F4N4O6. The zero-order chi connectivity index (χ0) is 32.4. The van der Waals surface area contributed by atoms with Crippen molar-refractivity contribution < 1.29 is 46.3 Å². The highest BCUT2D eigenvalue weighted by molar-refractivity contribution is 5.95. The molecule has 2 aromatic heterocycles. The van der Waals surface area contributed by atoms with Crippen molar-refractivity contribution in [1.29, 1.82) is 0 Å². The summed E-state index contributed by atoms with van der Waals surface area (Å²) in [5.41, 5.74) is 1.02. The molecule has 1 fully saturated rings. The number of alkyl halides is 3. The van der Waals surface area contributed by atoms with Crippen molar-refractivity contribution in [2.45, 2.75) is 44.1 Å². The Hall–Kier alpha value is -4.98. The summed E-state index contributed by atoms with van der Waals surface area (Å²) in [4.78, 5) is 29.1. The molecule has 2 aromatic carbocycles. The predicted molar refractivity (Wildman–Crippen MR) is 152 cm³/mol. The van der Waals surface area contributed by atoms with Crippen molar-refractivity contribution in [2.24, 2.45) is 5.73 Å². The highest BCUT2D eigenvalue weighted by Gasteiger charge is 2.56. The fraction of sp³-hybridized carbons (Fsp3) is 0.290. The number of aromatic nitrogens is 2. The van der Waals surface area contributed by atoms with Gasteiger partial charge in [0.15, 0.2) is 5.76 Å². The van der Waals surface area contributed by atoms with Gasteiger partial charge in [-0.1, -0.05) is 5.16 Å². The van der Waals surface area contributed by atoms with Gasteiger partial charge in [-0.15, -0.1) is 0 Å². The van der Waals surface area contributed by atoms with Crippen molar-refractivity contribution >= 4 is 11.8 Å². The number of rotatable bonds is 12. The molecule has 45 heavy (non-hydrogen) atoms. The zero-order valence-corrected chi connectivity index (χ0v) is 23.9. The molecule has 4 N–H and O–H groups in total. The van der Waals surface area contributed by atoms with Crippen molar-refractivity contribution in [1.82, 2.24) is 15.5 Å². The van der Waals surface area contributed by atoms with Gasteiger partial charge in [0, 0.05) is 22.8 Å². The van der Waals surface area contributed by atoms with E-state index < -0.39 is 48.1 Å². The molecule has 0 radical (unpaired) electrons. The lowest BCUT2D eigenvalue weighted by molar-refractivity contribution is -0.265. The molecule has 0 spiro atoms. The van der Waals surface area contributed by atoms with Gasteiger partial charge in [0.05, 0.1) is 43.1 Å². The summed E-state index contributed by atoms with van der Waals surface area (Å²) in [5.74, 6) is -1.85. The van der Waals surface area contributed by atoms with E-state index in [1.54, 1.807) is 13.0 Å². The van der Waals surface area contributed by atoms with Crippen LogP contribution in [0.15, 0.2) is 65.3 Å². The maximum Gasteiger partial charge on any atom is 0.424 e. The molecule has 2 heterocycles. The number of nitrogens with zero attached hydrogens (tertiary/aromatic N) is 2. The van der Waals surface area contributed by atoms with E-state index in [1.165, 1.54) is 36.5 Å². The van der Waals surface area contributed by atoms with Crippen LogP contribution in [0.3, 0.4) is 0 Å². The number of aliphatic hydroxyl groups is 1. The number of benzene rings is 2. The largest absolute Gasteiger partial charge is 0.491 e. The number of hydrogen-bond acceptors (Lipinski definition) is 8. The van der Waals surface area contributed by atoms with E-state index in [0.717, 1.165) is 31.0 Å². The average Bonchev–Trinajstić information content (AvgIpc) is 3.64. The molecule has 1 atom stereocenters. The van der Waals surface area contributed by atoms with Gasteiger partial charge in [-0.25, -0.2) is 9.37 Å². The Labute approximate surface area is 254 Å². The van der Waals surface area contributed by atoms with Gasteiger partial charge in [0.2, 0.25) is 11.5 Å². The smallest absolute Gasteiger partial charge is 0.424 e. The van der Waals surface area contributed by atoms with Crippen molar-refractivity contribution in [2.75, 3.05) is 13.2 Å². The second kappa shape index (κ2) is 12.6. The topological polar surface area (TPSA) is 150 Å². The zero-order valence-electron chi connectivity index (χ0n) is 23.9. The average molecular weight is 629 g/mol. The van der Waals surface area contributed by atoms with Gasteiger partial charge >= 0.3 is 6.18 Å². The van der Waals surface area contributed by atoms with Crippen LogP contribution in [-0.2, 0) is 16.8 Å². The number of carbonyl (C=O) groups is 2. The number of ether oxygens (including phenoxy) is 2. The van der Waals surface area contributed by atoms with E-state index in [4.69, 9.17) is 19.7 Å². The lowest BCUT2D eigenvalue weighted by atomic mass is 9.93. The number of hydrogen-bond donors (Lipinski definition) is 3. The monoisotopic (exact) mass is 628 g/mol. The normalized spacial score (nSPS) is 14.4. The molecule has 14 heteroatoms. The first-order valence-corrected chi connectivity index (χ1v) is 13.9. The second-order valence-corrected chi connectivity index (χ2v) is 10.4. The van der Waals surface area contributed by atoms with Crippen LogP contribution in [0.5, 0.6) is 11.5 Å². The molecule has 0 unspecified atom stereocenters. The molecule has 1 aliphatic carbocycles. The van der Waals surface area contributed by atoms with E-state index in [1.807, 2.05) is 0 Å². The summed E-state index contributed by atoms with van der Waals surface area (Å²) >= 11 is 0. The lowest BCUT2D eigenvalue weighted by Gasteiger charge is -2.31. The fourth-order valence-electron chi connectivity index (χ4n) is 4.56. The molecule has 236 valence electrons. The Morgan fingerprint density at radius 1 is 1.11 bits per heavy atom. The third kappa shape index (κ3) is 6.90. The minimum atomic E-state index is -5.36. The summed E-state index contributed by atoms with van der Waals surface area (Å²) in [6, 6.07) is 11.4. The first kappa shape index (κ1) is 31.4.